The zero-order valence-corrected chi connectivity index (χ0v) is 25.7. The fraction of sp³-hybridized carbons (Fsp3) is 0.333. The second-order valence-corrected chi connectivity index (χ2v) is 12.6. The molecule has 7 atom stereocenters. The molecule has 3 aliphatic carbocycles. The quantitative estimate of drug-likeness (QED) is 0.132. The van der Waals surface area contributed by atoms with E-state index < -0.39 is 93.3 Å². The van der Waals surface area contributed by atoms with E-state index in [0.717, 1.165) is 16.5 Å². The van der Waals surface area contributed by atoms with Crippen LogP contribution in [0.15, 0.2) is 59.5 Å². The number of benzene rings is 2. The van der Waals surface area contributed by atoms with Crippen molar-refractivity contribution in [3.05, 3.63) is 76.2 Å². The number of fused-ring (bicyclic) bond motifs is 4. The van der Waals surface area contributed by atoms with Crippen molar-refractivity contribution >= 4 is 45.7 Å². The number of likely N-dealkylation sites (N-methyl/N-ethyl adjacent to an activating group) is 1. The highest BCUT2D eigenvalue weighted by atomic mass is 16.4. The van der Waals surface area contributed by atoms with Crippen LogP contribution in [0, 0.1) is 11.8 Å². The summed E-state index contributed by atoms with van der Waals surface area (Å²) in [6.45, 7) is 1.62. The number of nitrogens with two attached hydrogens (primary N) is 2. The first-order valence-corrected chi connectivity index (χ1v) is 14.9. The number of carbonyl (C=O) groups is 4. The highest BCUT2D eigenvalue weighted by molar-refractivity contribution is 6.24. The maximum atomic E-state index is 14.2. The Morgan fingerprint density at radius 3 is 2.45 bits per heavy atom. The summed E-state index contributed by atoms with van der Waals surface area (Å²) in [5.41, 5.74) is 8.62. The number of hydrogen-bond acceptors (Lipinski definition) is 11. The number of phenolic OH excluding ortho intramolecular Hbond substituents is 1. The van der Waals surface area contributed by atoms with Crippen LogP contribution in [0.2, 0.25) is 0 Å². The molecule has 0 saturated heterocycles. The minimum Gasteiger partial charge on any atom is -0.508 e. The summed E-state index contributed by atoms with van der Waals surface area (Å²) in [6, 6.07) is 7.93. The van der Waals surface area contributed by atoms with Gasteiger partial charge in [-0.3, -0.25) is 24.1 Å². The van der Waals surface area contributed by atoms with Gasteiger partial charge in [0.1, 0.15) is 22.8 Å². The molecule has 246 valence electrons. The highest BCUT2D eigenvalue weighted by Crippen LogP contribution is 2.56. The van der Waals surface area contributed by atoms with E-state index in [4.69, 9.17) is 11.5 Å². The van der Waals surface area contributed by atoms with Crippen molar-refractivity contribution < 1.29 is 44.7 Å². The van der Waals surface area contributed by atoms with E-state index in [-0.39, 0.29) is 17.7 Å². The maximum absolute atomic E-state index is 14.2. The molecule has 14 nitrogen and oxygen atoms in total. The van der Waals surface area contributed by atoms with Gasteiger partial charge in [0.2, 0.25) is 11.7 Å². The highest BCUT2D eigenvalue weighted by Gasteiger charge is 2.68. The lowest BCUT2D eigenvalue weighted by Gasteiger charge is -2.53. The average Bonchev–Trinajstić information content (AvgIpc) is 3.42. The van der Waals surface area contributed by atoms with Crippen LogP contribution in [0.3, 0.4) is 0 Å². The van der Waals surface area contributed by atoms with Gasteiger partial charge in [-0.2, -0.15) is 0 Å². The van der Waals surface area contributed by atoms with Crippen molar-refractivity contribution in [1.82, 2.24) is 9.88 Å². The first-order chi connectivity index (χ1) is 22.1. The fourth-order valence-electron chi connectivity index (χ4n) is 7.57. The van der Waals surface area contributed by atoms with E-state index >= 15 is 0 Å². The number of primary amides is 1. The van der Waals surface area contributed by atoms with Crippen LogP contribution in [0.25, 0.3) is 16.7 Å². The maximum Gasteiger partial charge on any atom is 0.255 e. The number of nitrogens with zero attached hydrogens (tertiary/aromatic N) is 1. The van der Waals surface area contributed by atoms with E-state index in [9.17, 15) is 44.7 Å². The van der Waals surface area contributed by atoms with Gasteiger partial charge in [-0.15, -0.1) is 0 Å². The molecule has 0 aliphatic heterocycles. The van der Waals surface area contributed by atoms with Crippen LogP contribution >= 0.6 is 0 Å². The van der Waals surface area contributed by atoms with Gasteiger partial charge in [0.25, 0.3) is 5.91 Å². The number of aromatic nitrogens is 1. The number of Topliss-reactive ketones (excluding diaryl/α,β-unsaturated/α-hetero) is 2. The number of aromatic hydroxyl groups is 1. The third-order valence-electron chi connectivity index (χ3n) is 9.84. The molecule has 0 spiro atoms. The van der Waals surface area contributed by atoms with Crippen molar-refractivity contribution in [2.75, 3.05) is 19.4 Å². The fourth-order valence-corrected chi connectivity index (χ4v) is 7.57. The predicted octanol–water partition coefficient (Wildman–Crippen LogP) is 0.486. The molecule has 11 N–H and O–H groups in total. The first kappa shape index (κ1) is 31.9. The minimum atomic E-state index is -3.03. The molecule has 0 bridgehead atoms. The predicted molar refractivity (Wildman–Crippen MR) is 169 cm³/mol. The third kappa shape index (κ3) is 4.47. The van der Waals surface area contributed by atoms with E-state index in [2.05, 4.69) is 10.3 Å². The summed E-state index contributed by atoms with van der Waals surface area (Å²) < 4.78 is 0. The molecule has 2 unspecified atom stereocenters. The van der Waals surface area contributed by atoms with E-state index in [0.29, 0.717) is 5.56 Å². The molecule has 1 fully saturated rings. The molecule has 2 aromatic carbocycles. The molecule has 1 aromatic heterocycles. The number of phenols is 1. The van der Waals surface area contributed by atoms with E-state index in [1.165, 1.54) is 31.1 Å². The lowest BCUT2D eigenvalue weighted by atomic mass is 9.54. The average molecular weight is 646 g/mol. The first-order valence-electron chi connectivity index (χ1n) is 14.9. The number of nitrogens with one attached hydrogen (secondary N) is 2. The molecule has 1 saturated carbocycles. The summed E-state index contributed by atoms with van der Waals surface area (Å²) in [5, 5.41) is 61.0. The lowest BCUT2D eigenvalue weighted by Crippen LogP contribution is -2.70. The Hall–Kier alpha value is -5.02. The Bertz CT molecular complexity index is 1940. The van der Waals surface area contributed by atoms with Gasteiger partial charge < -0.3 is 47.3 Å². The number of rotatable bonds is 6. The number of carbonyl (C=O) groups excluding carboxylic acids is 4. The molecule has 3 aliphatic rings. The molecule has 47 heavy (non-hydrogen) atoms. The minimum absolute atomic E-state index is 0.129. The van der Waals surface area contributed by atoms with Crippen LogP contribution in [-0.4, -0.2) is 96.7 Å². The number of aliphatic hydroxyl groups is 4. The molecular formula is C33H35N5O9. The summed E-state index contributed by atoms with van der Waals surface area (Å²) in [6.07, 6.45) is 0.213. The van der Waals surface area contributed by atoms with Crippen molar-refractivity contribution in [2.45, 2.75) is 43.1 Å². The van der Waals surface area contributed by atoms with Crippen molar-refractivity contribution in [1.29, 1.82) is 0 Å². The van der Waals surface area contributed by atoms with Gasteiger partial charge in [-0.25, -0.2) is 0 Å². The Morgan fingerprint density at radius 1 is 1.11 bits per heavy atom. The second kappa shape index (κ2) is 11.1. The van der Waals surface area contributed by atoms with Gasteiger partial charge in [-0.05, 0) is 49.7 Å². The van der Waals surface area contributed by atoms with Gasteiger partial charge in [0.15, 0.2) is 11.4 Å². The number of ketones is 2. The van der Waals surface area contributed by atoms with Gasteiger partial charge in [0.05, 0.1) is 35.4 Å². The number of anilines is 1. The van der Waals surface area contributed by atoms with Gasteiger partial charge in [0, 0.05) is 28.6 Å². The summed E-state index contributed by atoms with van der Waals surface area (Å²) in [7, 11) is 2.87. The molecule has 1 heterocycles. The summed E-state index contributed by atoms with van der Waals surface area (Å²) >= 11 is 0. The summed E-state index contributed by atoms with van der Waals surface area (Å²) in [4.78, 5) is 57.2. The van der Waals surface area contributed by atoms with Crippen molar-refractivity contribution in [3.63, 3.8) is 0 Å². The number of para-hydroxylation sites is 1. The third-order valence-corrected chi connectivity index (χ3v) is 9.84. The molecule has 6 rings (SSSR count). The van der Waals surface area contributed by atoms with E-state index in [1.54, 1.807) is 13.1 Å². The lowest BCUT2D eigenvalue weighted by molar-refractivity contribution is -0.169. The molecule has 3 aromatic rings. The molecule has 14 heteroatoms. The number of amides is 2. The zero-order valence-electron chi connectivity index (χ0n) is 25.7. The van der Waals surface area contributed by atoms with Crippen LogP contribution in [-0.2, 0) is 25.6 Å². The number of hydrogen-bond donors (Lipinski definition) is 9. The molecular weight excluding hydrogens is 610 g/mol. The van der Waals surface area contributed by atoms with Crippen LogP contribution in [0.1, 0.15) is 29.5 Å². The Kier molecular flexibility index (Phi) is 7.51. The number of H-pyrrole nitrogens is 1. The standard InChI is InChI=1S/C33H35N5O9/c1-12-14-8-9-18(37-32(46)16(34)10-13-11-36-17-7-5-4-6-15(13)17)25(39)20(14)26(40)21-19(12)27(41)23-24(38(2)3)28(42)22(31(35)45)30(44)33(23,47)29(21)43/h4-9,11-12,16,19,23-24,27,36,39-41,44,47H,10,34H2,1-3H3,(H2,35,45)(H,37,46)/t12-,16-,19?,23?,24-,27-,33-/m0/s1. The Balaban J connectivity index is 1.39. The van der Waals surface area contributed by atoms with Crippen LogP contribution < -0.4 is 16.8 Å². The monoisotopic (exact) mass is 645 g/mol. The topological polar surface area (TPSA) is 253 Å². The van der Waals surface area contributed by atoms with Crippen molar-refractivity contribution in [2.24, 2.45) is 23.3 Å². The van der Waals surface area contributed by atoms with Gasteiger partial charge >= 0.3 is 0 Å². The number of aromatic amines is 1. The molecule has 2 amide bonds. The Morgan fingerprint density at radius 2 is 1.79 bits per heavy atom. The van der Waals surface area contributed by atoms with Crippen molar-refractivity contribution in [3.8, 4) is 5.75 Å². The number of aliphatic hydroxyl groups excluding tert-OH is 3. The Labute approximate surface area is 268 Å². The van der Waals surface area contributed by atoms with Crippen LogP contribution in [0.4, 0.5) is 5.69 Å². The van der Waals surface area contributed by atoms with E-state index in [1.807, 2.05) is 24.3 Å². The SMILES string of the molecule is C[C@H]1c2ccc(NC(=O)[C@@H](N)Cc3c[nH]c4ccccc34)c(O)c2C(O)=C2C(=O)[C@]3(O)C(O)=C(C(N)=O)C(=O)[C@@H](N(C)C)C3[C@@H](O)C21. The second-order valence-electron chi connectivity index (χ2n) is 12.6. The zero-order chi connectivity index (χ0) is 34.3. The smallest absolute Gasteiger partial charge is 0.255 e. The summed E-state index contributed by atoms with van der Waals surface area (Å²) in [5.74, 6) is -10.7. The molecule has 0 radical (unpaired) electrons. The normalized spacial score (nSPS) is 27.9. The van der Waals surface area contributed by atoms with Gasteiger partial charge in [-0.1, -0.05) is 31.2 Å². The van der Waals surface area contributed by atoms with Crippen LogP contribution in [0.5, 0.6) is 5.75 Å². The largest absolute Gasteiger partial charge is 0.508 e.